The highest BCUT2D eigenvalue weighted by atomic mass is 16.7. The Kier molecular flexibility index (Phi) is 6.65. The quantitative estimate of drug-likeness (QED) is 0.673. The molecule has 22 heavy (non-hydrogen) atoms. The predicted octanol–water partition coefficient (Wildman–Crippen LogP) is 2.29. The van der Waals surface area contributed by atoms with Crippen molar-refractivity contribution in [3.63, 3.8) is 0 Å². The lowest BCUT2D eigenvalue weighted by Crippen LogP contribution is -2.44. The Morgan fingerprint density at radius 1 is 1.27 bits per heavy atom. The molecule has 2 N–H and O–H groups in total. The standard InChI is InChI=1S/C17H32O5/c1-5-20-16(19)14-9-13(14)7-6-11(3)21-17-10(2)8-15(18)12(4)22-17/h10-19H,5-9H2,1-4H3/t10-,11-,12+,13-,14-,15-,16?,17-/m1/s1. The molecular weight excluding hydrogens is 284 g/mol. The molecule has 0 aromatic carbocycles. The Morgan fingerprint density at radius 2 is 2.00 bits per heavy atom. The first-order valence-electron chi connectivity index (χ1n) is 8.71. The Hall–Kier alpha value is -0.200. The van der Waals surface area contributed by atoms with Crippen LogP contribution in [0.5, 0.6) is 0 Å². The summed E-state index contributed by atoms with van der Waals surface area (Å²) in [6, 6.07) is 0. The number of aliphatic hydroxyl groups is 2. The molecule has 2 aliphatic rings. The van der Waals surface area contributed by atoms with E-state index in [1.807, 2.05) is 13.8 Å². The summed E-state index contributed by atoms with van der Waals surface area (Å²) in [6.07, 6.45) is 2.53. The number of aliphatic hydroxyl groups excluding tert-OH is 2. The van der Waals surface area contributed by atoms with Crippen LogP contribution in [0.15, 0.2) is 0 Å². The van der Waals surface area contributed by atoms with Gasteiger partial charge in [0.2, 0.25) is 0 Å². The van der Waals surface area contributed by atoms with E-state index < -0.39 is 12.4 Å². The summed E-state index contributed by atoms with van der Waals surface area (Å²) in [4.78, 5) is 0. The van der Waals surface area contributed by atoms with Crippen molar-refractivity contribution in [2.24, 2.45) is 17.8 Å². The molecule has 2 fully saturated rings. The van der Waals surface area contributed by atoms with Crippen LogP contribution in [0.25, 0.3) is 0 Å². The fourth-order valence-electron chi connectivity index (χ4n) is 3.28. The molecule has 1 aliphatic carbocycles. The third-order valence-corrected chi connectivity index (χ3v) is 4.96. The predicted molar refractivity (Wildman–Crippen MR) is 83.1 cm³/mol. The zero-order chi connectivity index (χ0) is 16.3. The van der Waals surface area contributed by atoms with Gasteiger partial charge in [-0.05, 0) is 52.4 Å². The Labute approximate surface area is 133 Å². The van der Waals surface area contributed by atoms with Crippen LogP contribution in [-0.2, 0) is 14.2 Å². The van der Waals surface area contributed by atoms with Gasteiger partial charge in [-0.2, -0.15) is 0 Å². The smallest absolute Gasteiger partial charge is 0.161 e. The minimum atomic E-state index is -0.602. The molecule has 1 aliphatic heterocycles. The lowest BCUT2D eigenvalue weighted by atomic mass is 9.96. The fraction of sp³-hybridized carbons (Fsp3) is 1.00. The van der Waals surface area contributed by atoms with E-state index in [-0.39, 0.29) is 24.4 Å². The monoisotopic (exact) mass is 316 g/mol. The summed E-state index contributed by atoms with van der Waals surface area (Å²) >= 11 is 0. The van der Waals surface area contributed by atoms with E-state index in [9.17, 15) is 10.2 Å². The lowest BCUT2D eigenvalue weighted by Gasteiger charge is -2.37. The first-order valence-corrected chi connectivity index (χ1v) is 8.71. The highest BCUT2D eigenvalue weighted by molar-refractivity contribution is 4.88. The minimum Gasteiger partial charge on any atom is -0.390 e. The summed E-state index contributed by atoms with van der Waals surface area (Å²) < 4.78 is 17.0. The van der Waals surface area contributed by atoms with E-state index in [0.29, 0.717) is 18.4 Å². The first kappa shape index (κ1) is 18.1. The molecule has 0 amide bonds. The van der Waals surface area contributed by atoms with E-state index in [2.05, 4.69) is 13.8 Å². The van der Waals surface area contributed by atoms with Crippen molar-refractivity contribution in [2.75, 3.05) is 6.61 Å². The van der Waals surface area contributed by atoms with Gasteiger partial charge in [0.05, 0.1) is 18.3 Å². The molecule has 5 heteroatoms. The van der Waals surface area contributed by atoms with Crippen LogP contribution in [0, 0.1) is 17.8 Å². The Bertz CT molecular complexity index is 337. The third-order valence-electron chi connectivity index (χ3n) is 4.96. The fourth-order valence-corrected chi connectivity index (χ4v) is 3.28. The van der Waals surface area contributed by atoms with Gasteiger partial charge in [-0.1, -0.05) is 6.92 Å². The second-order valence-electron chi connectivity index (χ2n) is 7.02. The summed E-state index contributed by atoms with van der Waals surface area (Å²) in [6.45, 7) is 8.48. The molecule has 1 saturated carbocycles. The molecule has 1 heterocycles. The van der Waals surface area contributed by atoms with E-state index in [1.165, 1.54) is 0 Å². The molecule has 1 saturated heterocycles. The highest BCUT2D eigenvalue weighted by Gasteiger charge is 2.42. The van der Waals surface area contributed by atoms with Crippen molar-refractivity contribution in [3.8, 4) is 0 Å². The van der Waals surface area contributed by atoms with Gasteiger partial charge in [-0.15, -0.1) is 0 Å². The third kappa shape index (κ3) is 4.90. The summed E-state index contributed by atoms with van der Waals surface area (Å²) in [5.41, 5.74) is 0. The molecule has 0 spiro atoms. The second-order valence-corrected chi connectivity index (χ2v) is 7.02. The average molecular weight is 316 g/mol. The molecule has 8 atom stereocenters. The van der Waals surface area contributed by atoms with Gasteiger partial charge in [0.25, 0.3) is 0 Å². The van der Waals surface area contributed by atoms with E-state index in [4.69, 9.17) is 14.2 Å². The minimum absolute atomic E-state index is 0.125. The molecule has 0 aromatic heterocycles. The van der Waals surface area contributed by atoms with Gasteiger partial charge < -0.3 is 24.4 Å². The number of hydrogen-bond donors (Lipinski definition) is 2. The second kappa shape index (κ2) is 8.06. The van der Waals surface area contributed by atoms with Crippen molar-refractivity contribution in [1.29, 1.82) is 0 Å². The van der Waals surface area contributed by atoms with E-state index in [1.54, 1.807) is 0 Å². The summed E-state index contributed by atoms with van der Waals surface area (Å²) in [5.74, 6) is 1.06. The molecule has 0 aromatic rings. The topological polar surface area (TPSA) is 68.2 Å². The van der Waals surface area contributed by atoms with Gasteiger partial charge in [0.15, 0.2) is 12.6 Å². The zero-order valence-corrected chi connectivity index (χ0v) is 14.3. The van der Waals surface area contributed by atoms with Crippen LogP contribution in [0.4, 0.5) is 0 Å². The van der Waals surface area contributed by atoms with Gasteiger partial charge in [-0.3, -0.25) is 0 Å². The van der Waals surface area contributed by atoms with E-state index in [0.717, 1.165) is 25.7 Å². The molecule has 2 rings (SSSR count). The molecule has 1 unspecified atom stereocenters. The Morgan fingerprint density at radius 3 is 2.68 bits per heavy atom. The lowest BCUT2D eigenvalue weighted by molar-refractivity contribution is -0.255. The van der Waals surface area contributed by atoms with Crippen molar-refractivity contribution >= 4 is 0 Å². The van der Waals surface area contributed by atoms with Gasteiger partial charge in [0, 0.05) is 18.4 Å². The zero-order valence-electron chi connectivity index (χ0n) is 14.3. The highest BCUT2D eigenvalue weighted by Crippen LogP contribution is 2.45. The molecular formula is C17H32O5. The largest absolute Gasteiger partial charge is 0.390 e. The number of ether oxygens (including phenoxy) is 3. The number of hydrogen-bond acceptors (Lipinski definition) is 5. The molecule has 130 valence electrons. The maximum atomic E-state index is 9.79. The summed E-state index contributed by atoms with van der Waals surface area (Å²) in [7, 11) is 0. The maximum Gasteiger partial charge on any atom is 0.161 e. The SMILES string of the molecule is CCOC(O)[C@@H]1C[C@H]1CC[C@@H](C)O[C@@H]1O[C@@H](C)[C@H](O)C[C@H]1C. The van der Waals surface area contributed by atoms with Crippen molar-refractivity contribution in [3.05, 3.63) is 0 Å². The van der Waals surface area contributed by atoms with Crippen molar-refractivity contribution in [1.82, 2.24) is 0 Å². The number of rotatable bonds is 8. The molecule has 0 radical (unpaired) electrons. The van der Waals surface area contributed by atoms with Crippen LogP contribution >= 0.6 is 0 Å². The van der Waals surface area contributed by atoms with Crippen molar-refractivity contribution < 1.29 is 24.4 Å². The van der Waals surface area contributed by atoms with Gasteiger partial charge in [-0.25, -0.2) is 0 Å². The van der Waals surface area contributed by atoms with Crippen LogP contribution in [0.2, 0.25) is 0 Å². The van der Waals surface area contributed by atoms with Crippen LogP contribution in [-0.4, -0.2) is 47.7 Å². The van der Waals surface area contributed by atoms with Crippen LogP contribution in [0.3, 0.4) is 0 Å². The van der Waals surface area contributed by atoms with Gasteiger partial charge >= 0.3 is 0 Å². The van der Waals surface area contributed by atoms with E-state index >= 15 is 0 Å². The van der Waals surface area contributed by atoms with Crippen LogP contribution < -0.4 is 0 Å². The van der Waals surface area contributed by atoms with Crippen LogP contribution in [0.1, 0.15) is 53.4 Å². The maximum absolute atomic E-state index is 9.79. The van der Waals surface area contributed by atoms with Gasteiger partial charge in [0.1, 0.15) is 0 Å². The molecule has 0 bridgehead atoms. The summed E-state index contributed by atoms with van der Waals surface area (Å²) in [5, 5.41) is 19.6. The normalized spacial score (nSPS) is 41.2. The Balaban J connectivity index is 1.65. The molecule has 5 nitrogen and oxygen atoms in total. The van der Waals surface area contributed by atoms with Crippen molar-refractivity contribution in [2.45, 2.75) is 84.3 Å². The first-order chi connectivity index (χ1) is 10.4. The average Bonchev–Trinajstić information content (AvgIpc) is 3.22.